The van der Waals surface area contributed by atoms with Crippen molar-refractivity contribution in [3.05, 3.63) is 99.8 Å². The summed E-state index contributed by atoms with van der Waals surface area (Å²) in [6, 6.07) is 23.8. The molecule has 1 aromatic heterocycles. The first kappa shape index (κ1) is 16.9. The van der Waals surface area contributed by atoms with Gasteiger partial charge in [-0.15, -0.1) is 0 Å². The van der Waals surface area contributed by atoms with Gasteiger partial charge in [0.1, 0.15) is 5.82 Å². The molecule has 0 radical (unpaired) electrons. The average Bonchev–Trinajstić information content (AvgIpc) is 3.01. The zero-order valence-electron chi connectivity index (χ0n) is 13.9. The second-order valence-electron chi connectivity index (χ2n) is 6.02. The summed E-state index contributed by atoms with van der Waals surface area (Å²) in [5, 5.41) is 1.49. The molecule has 4 heteroatoms. The summed E-state index contributed by atoms with van der Waals surface area (Å²) in [7, 11) is 0. The van der Waals surface area contributed by atoms with E-state index in [2.05, 4.69) is 10.6 Å². The van der Waals surface area contributed by atoms with Crippen molar-refractivity contribution in [1.82, 2.24) is 9.55 Å². The van der Waals surface area contributed by atoms with Crippen LogP contribution in [0.25, 0.3) is 23.2 Å². The van der Waals surface area contributed by atoms with Crippen LogP contribution in [0.4, 0.5) is 0 Å². The fourth-order valence-electron chi connectivity index (χ4n) is 2.93. The summed E-state index contributed by atoms with van der Waals surface area (Å²) in [6.07, 6.45) is 4.07. The van der Waals surface area contributed by atoms with E-state index in [1.165, 1.54) is 0 Å². The first-order valence-electron chi connectivity index (χ1n) is 8.33. The molecule has 0 saturated heterocycles. The predicted molar refractivity (Wildman–Crippen MR) is 111 cm³/mol. The maximum absolute atomic E-state index is 6.37. The van der Waals surface area contributed by atoms with E-state index in [0.29, 0.717) is 6.54 Å². The molecule has 128 valence electrons. The molecule has 0 aliphatic heterocycles. The summed E-state index contributed by atoms with van der Waals surface area (Å²) in [6.45, 7) is 0.667. The Bertz CT molecular complexity index is 1080. The van der Waals surface area contributed by atoms with E-state index < -0.39 is 0 Å². The van der Waals surface area contributed by atoms with Gasteiger partial charge in [-0.3, -0.25) is 0 Å². The van der Waals surface area contributed by atoms with Gasteiger partial charge in [0.25, 0.3) is 0 Å². The highest BCUT2D eigenvalue weighted by Gasteiger charge is 2.10. The Morgan fingerprint density at radius 1 is 0.808 bits per heavy atom. The molecule has 0 fully saturated rings. The van der Waals surface area contributed by atoms with E-state index in [-0.39, 0.29) is 0 Å². The standard InChI is InChI=1S/C22H16Cl2N2/c23-18-12-9-16(10-13-18)11-14-22-25-20-7-3-4-8-21(20)26(22)15-17-5-1-2-6-19(17)24/h1-14H,15H2. The van der Waals surface area contributed by atoms with Gasteiger partial charge in [-0.2, -0.15) is 0 Å². The highest BCUT2D eigenvalue weighted by molar-refractivity contribution is 6.31. The first-order valence-corrected chi connectivity index (χ1v) is 9.08. The van der Waals surface area contributed by atoms with E-state index >= 15 is 0 Å². The molecule has 0 aliphatic rings. The molecule has 1 heterocycles. The number of para-hydroxylation sites is 2. The van der Waals surface area contributed by atoms with Crippen LogP contribution in [-0.4, -0.2) is 9.55 Å². The Morgan fingerprint density at radius 3 is 2.35 bits per heavy atom. The first-order chi connectivity index (χ1) is 12.7. The summed E-state index contributed by atoms with van der Waals surface area (Å²) in [4.78, 5) is 4.78. The summed E-state index contributed by atoms with van der Waals surface area (Å²) in [5.41, 5.74) is 4.20. The van der Waals surface area contributed by atoms with Gasteiger partial charge in [0, 0.05) is 10.0 Å². The maximum Gasteiger partial charge on any atom is 0.134 e. The van der Waals surface area contributed by atoms with Gasteiger partial charge in [0.15, 0.2) is 0 Å². The van der Waals surface area contributed by atoms with Crippen LogP contribution >= 0.6 is 23.2 Å². The van der Waals surface area contributed by atoms with E-state index in [1.807, 2.05) is 78.9 Å². The fourth-order valence-corrected chi connectivity index (χ4v) is 3.25. The molecule has 0 amide bonds. The number of aromatic nitrogens is 2. The van der Waals surface area contributed by atoms with Crippen LogP contribution in [0, 0.1) is 0 Å². The lowest BCUT2D eigenvalue weighted by atomic mass is 10.2. The number of benzene rings is 3. The lowest BCUT2D eigenvalue weighted by Crippen LogP contribution is -2.02. The SMILES string of the molecule is Clc1ccc(C=Cc2nc3ccccc3n2Cc2ccccc2Cl)cc1. The molecular formula is C22H16Cl2N2. The number of fused-ring (bicyclic) bond motifs is 1. The van der Waals surface area contributed by atoms with Gasteiger partial charge in [-0.1, -0.05) is 71.7 Å². The minimum Gasteiger partial charge on any atom is -0.320 e. The summed E-state index contributed by atoms with van der Waals surface area (Å²) >= 11 is 12.3. The molecule has 26 heavy (non-hydrogen) atoms. The molecule has 0 saturated carbocycles. The van der Waals surface area contributed by atoms with Crippen molar-refractivity contribution in [2.75, 3.05) is 0 Å². The fraction of sp³-hybridized carbons (Fsp3) is 0.0455. The van der Waals surface area contributed by atoms with Crippen LogP contribution in [0.3, 0.4) is 0 Å². The normalized spacial score (nSPS) is 11.5. The third-order valence-corrected chi connectivity index (χ3v) is 4.89. The predicted octanol–water partition coefficient (Wildman–Crippen LogP) is 6.56. The summed E-state index contributed by atoms with van der Waals surface area (Å²) in [5.74, 6) is 0.890. The van der Waals surface area contributed by atoms with Gasteiger partial charge in [-0.05, 0) is 47.5 Å². The minimum absolute atomic E-state index is 0.667. The van der Waals surface area contributed by atoms with Gasteiger partial charge in [-0.25, -0.2) is 4.98 Å². The van der Waals surface area contributed by atoms with E-state index in [1.54, 1.807) is 0 Å². The monoisotopic (exact) mass is 378 g/mol. The number of hydrogen-bond donors (Lipinski definition) is 0. The van der Waals surface area contributed by atoms with Gasteiger partial charge < -0.3 is 4.57 Å². The van der Waals surface area contributed by atoms with E-state index in [0.717, 1.165) is 38.0 Å². The van der Waals surface area contributed by atoms with Gasteiger partial charge in [0.05, 0.1) is 17.6 Å². The number of nitrogens with zero attached hydrogens (tertiary/aromatic N) is 2. The Hall–Kier alpha value is -2.55. The van der Waals surface area contributed by atoms with Gasteiger partial charge >= 0.3 is 0 Å². The van der Waals surface area contributed by atoms with Crippen LogP contribution in [0.1, 0.15) is 17.0 Å². The van der Waals surface area contributed by atoms with Crippen molar-refractivity contribution in [3.63, 3.8) is 0 Å². The second kappa shape index (κ2) is 7.36. The molecule has 0 bridgehead atoms. The zero-order valence-corrected chi connectivity index (χ0v) is 15.5. The van der Waals surface area contributed by atoms with Crippen molar-refractivity contribution in [2.45, 2.75) is 6.54 Å². The molecule has 3 aromatic carbocycles. The topological polar surface area (TPSA) is 17.8 Å². The molecule has 0 atom stereocenters. The maximum atomic E-state index is 6.37. The average molecular weight is 379 g/mol. The molecule has 4 rings (SSSR count). The second-order valence-corrected chi connectivity index (χ2v) is 6.86. The molecular weight excluding hydrogens is 363 g/mol. The summed E-state index contributed by atoms with van der Waals surface area (Å²) < 4.78 is 2.18. The molecule has 0 N–H and O–H groups in total. The molecule has 0 unspecified atom stereocenters. The Morgan fingerprint density at radius 2 is 1.54 bits per heavy atom. The van der Waals surface area contributed by atoms with E-state index in [4.69, 9.17) is 28.2 Å². The van der Waals surface area contributed by atoms with Crippen LogP contribution in [0.2, 0.25) is 10.0 Å². The quantitative estimate of drug-likeness (QED) is 0.393. The van der Waals surface area contributed by atoms with E-state index in [9.17, 15) is 0 Å². The zero-order chi connectivity index (χ0) is 17.9. The Labute approximate surface area is 162 Å². The van der Waals surface area contributed by atoms with Crippen LogP contribution < -0.4 is 0 Å². The van der Waals surface area contributed by atoms with Gasteiger partial charge in [0.2, 0.25) is 0 Å². The minimum atomic E-state index is 0.667. The molecule has 0 spiro atoms. The highest BCUT2D eigenvalue weighted by atomic mass is 35.5. The number of hydrogen-bond acceptors (Lipinski definition) is 1. The van der Waals surface area contributed by atoms with Crippen molar-refractivity contribution < 1.29 is 0 Å². The molecule has 4 aromatic rings. The smallest absolute Gasteiger partial charge is 0.134 e. The lowest BCUT2D eigenvalue weighted by Gasteiger charge is -2.09. The number of imidazole rings is 1. The number of halogens is 2. The van der Waals surface area contributed by atoms with Crippen molar-refractivity contribution in [3.8, 4) is 0 Å². The van der Waals surface area contributed by atoms with Crippen molar-refractivity contribution in [2.24, 2.45) is 0 Å². The van der Waals surface area contributed by atoms with Crippen molar-refractivity contribution in [1.29, 1.82) is 0 Å². The largest absolute Gasteiger partial charge is 0.320 e. The Kier molecular flexibility index (Phi) is 4.79. The van der Waals surface area contributed by atoms with Crippen LogP contribution in [-0.2, 0) is 6.54 Å². The Balaban J connectivity index is 1.76. The third-order valence-electron chi connectivity index (χ3n) is 4.27. The molecule has 2 nitrogen and oxygen atoms in total. The number of rotatable bonds is 4. The highest BCUT2D eigenvalue weighted by Crippen LogP contribution is 2.23. The lowest BCUT2D eigenvalue weighted by molar-refractivity contribution is 0.814. The van der Waals surface area contributed by atoms with Crippen LogP contribution in [0.5, 0.6) is 0 Å². The van der Waals surface area contributed by atoms with Crippen molar-refractivity contribution >= 4 is 46.4 Å². The third kappa shape index (κ3) is 3.52. The van der Waals surface area contributed by atoms with Crippen LogP contribution in [0.15, 0.2) is 72.8 Å². The molecule has 0 aliphatic carbocycles.